The first-order valence-electron chi connectivity index (χ1n) is 13.7. The third-order valence-corrected chi connectivity index (χ3v) is 9.17. The fourth-order valence-electron chi connectivity index (χ4n) is 7.32. The molecule has 1 saturated heterocycles. The van der Waals surface area contributed by atoms with Crippen molar-refractivity contribution in [2.24, 2.45) is 11.3 Å². The molecule has 2 aliphatic carbocycles. The first kappa shape index (κ1) is 29.2. The summed E-state index contributed by atoms with van der Waals surface area (Å²) in [4.78, 5) is 38.7. The number of hydrogen-bond donors (Lipinski definition) is 3. The molecule has 2 bridgehead atoms. The molecular formula is C31H36O10. The van der Waals surface area contributed by atoms with E-state index in [1.807, 2.05) is 0 Å². The van der Waals surface area contributed by atoms with Gasteiger partial charge in [0.25, 0.3) is 0 Å². The van der Waals surface area contributed by atoms with Gasteiger partial charge in [-0.05, 0) is 51.5 Å². The number of fused-ring (bicyclic) bond motifs is 1. The molecule has 220 valence electrons. The van der Waals surface area contributed by atoms with Crippen molar-refractivity contribution in [2.45, 2.75) is 81.8 Å². The molecule has 3 aliphatic rings. The molecule has 0 amide bonds. The Bertz CT molecular complexity index is 1310. The van der Waals surface area contributed by atoms with Crippen LogP contribution in [-0.4, -0.2) is 81.1 Å². The van der Waals surface area contributed by atoms with Crippen LogP contribution in [-0.2, 0) is 23.7 Å². The van der Waals surface area contributed by atoms with Gasteiger partial charge >= 0.3 is 17.9 Å². The minimum Gasteiger partial charge on any atom is -0.465 e. The van der Waals surface area contributed by atoms with E-state index >= 15 is 0 Å². The molecule has 10 heteroatoms. The maximum absolute atomic E-state index is 13.4. The van der Waals surface area contributed by atoms with Crippen LogP contribution in [0.15, 0.2) is 60.7 Å². The largest absolute Gasteiger partial charge is 0.465 e. The van der Waals surface area contributed by atoms with Gasteiger partial charge < -0.3 is 34.3 Å². The fraction of sp³-hybridized carbons (Fsp3) is 0.516. The van der Waals surface area contributed by atoms with Gasteiger partial charge in [-0.3, -0.25) is 4.79 Å². The number of hydrogen-bond acceptors (Lipinski definition) is 10. The zero-order chi connectivity index (χ0) is 29.8. The van der Waals surface area contributed by atoms with Crippen molar-refractivity contribution >= 4 is 17.9 Å². The van der Waals surface area contributed by atoms with Crippen LogP contribution in [0.3, 0.4) is 0 Å². The lowest BCUT2D eigenvalue weighted by Gasteiger charge is -2.65. The SMILES string of the molecule is CC(=O)OC[C@]12[C@@H](OC(=O)c3ccccc3)C[C@@H]3[C@@H](O)[C@]1(OC3(C)C)[C@@](C)(O)C[C@H](OC(=O)c1ccccc1)[C@@H]2O. The summed E-state index contributed by atoms with van der Waals surface area (Å²) in [7, 11) is 0. The normalized spacial score (nSPS) is 37.0. The maximum Gasteiger partial charge on any atom is 0.338 e. The highest BCUT2D eigenvalue weighted by molar-refractivity contribution is 5.90. The zero-order valence-corrected chi connectivity index (χ0v) is 23.5. The lowest BCUT2D eigenvalue weighted by molar-refractivity contribution is -0.353. The third-order valence-electron chi connectivity index (χ3n) is 9.17. The van der Waals surface area contributed by atoms with E-state index in [1.165, 1.54) is 13.8 Å². The second-order valence-corrected chi connectivity index (χ2v) is 12.0. The van der Waals surface area contributed by atoms with E-state index in [1.54, 1.807) is 74.5 Å². The summed E-state index contributed by atoms with van der Waals surface area (Å²) in [5, 5.41) is 36.1. The molecule has 2 saturated carbocycles. The predicted octanol–water partition coefficient (Wildman–Crippen LogP) is 2.43. The fourth-order valence-corrected chi connectivity index (χ4v) is 7.32. The summed E-state index contributed by atoms with van der Waals surface area (Å²) in [6.45, 7) is 5.50. The number of ether oxygens (including phenoxy) is 4. The van der Waals surface area contributed by atoms with Crippen molar-refractivity contribution in [2.75, 3.05) is 6.61 Å². The molecule has 0 radical (unpaired) electrons. The average Bonchev–Trinajstić information content (AvgIpc) is 3.08. The zero-order valence-electron chi connectivity index (χ0n) is 23.5. The van der Waals surface area contributed by atoms with Crippen molar-refractivity contribution in [1.82, 2.24) is 0 Å². The number of carbonyl (C=O) groups excluding carboxylic acids is 3. The summed E-state index contributed by atoms with van der Waals surface area (Å²) in [6.07, 6.45) is -5.89. The Labute approximate surface area is 238 Å². The Morgan fingerprint density at radius 1 is 0.878 bits per heavy atom. The van der Waals surface area contributed by atoms with Crippen LogP contribution in [0.25, 0.3) is 0 Å². The molecule has 1 heterocycles. The molecule has 1 spiro atoms. The smallest absolute Gasteiger partial charge is 0.338 e. The number of esters is 3. The van der Waals surface area contributed by atoms with E-state index in [0.29, 0.717) is 0 Å². The van der Waals surface area contributed by atoms with Crippen molar-refractivity contribution in [3.8, 4) is 0 Å². The van der Waals surface area contributed by atoms with Crippen LogP contribution in [0.1, 0.15) is 61.3 Å². The third kappa shape index (κ3) is 4.44. The number of rotatable bonds is 6. The second-order valence-electron chi connectivity index (χ2n) is 12.0. The molecule has 3 fully saturated rings. The van der Waals surface area contributed by atoms with E-state index < -0.39 is 77.1 Å². The molecule has 1 aliphatic heterocycles. The first-order chi connectivity index (χ1) is 19.3. The Hall–Kier alpha value is -3.31. The van der Waals surface area contributed by atoms with Crippen molar-refractivity contribution in [3.05, 3.63) is 71.8 Å². The van der Waals surface area contributed by atoms with Gasteiger partial charge in [0.1, 0.15) is 35.9 Å². The minimum absolute atomic E-state index is 0.0161. The molecule has 3 N–H and O–H groups in total. The van der Waals surface area contributed by atoms with Crippen molar-refractivity contribution < 1.29 is 48.7 Å². The topological polar surface area (TPSA) is 149 Å². The Balaban J connectivity index is 1.65. The van der Waals surface area contributed by atoms with Crippen LogP contribution >= 0.6 is 0 Å². The summed E-state index contributed by atoms with van der Waals surface area (Å²) in [5.74, 6) is -2.78. The van der Waals surface area contributed by atoms with Gasteiger partial charge in [0, 0.05) is 19.3 Å². The summed E-state index contributed by atoms with van der Waals surface area (Å²) >= 11 is 0. The molecule has 2 aromatic rings. The summed E-state index contributed by atoms with van der Waals surface area (Å²) < 4.78 is 23.9. The molecule has 10 nitrogen and oxygen atoms in total. The Kier molecular flexibility index (Phi) is 7.26. The molecule has 0 unspecified atom stereocenters. The van der Waals surface area contributed by atoms with Crippen molar-refractivity contribution in [1.29, 1.82) is 0 Å². The van der Waals surface area contributed by atoms with Crippen LogP contribution in [0.5, 0.6) is 0 Å². The number of aliphatic hydroxyl groups excluding tert-OH is 2. The standard InChI is InChI=1S/C31H36O10/c1-18(32)38-17-30-23(40-27(36)20-13-9-6-10-14-20)15-21-24(33)31(30,41-28(21,2)3)29(4,37)16-22(25(30)34)39-26(35)19-11-7-5-8-12-19/h5-14,21-25,33-34,37H,15-17H2,1-4H3/t21-,22+,23+,24-,25+,29+,30-,31+/m1/s1. The van der Waals surface area contributed by atoms with Gasteiger partial charge in [0.2, 0.25) is 0 Å². The number of aliphatic hydroxyl groups is 3. The highest BCUT2D eigenvalue weighted by Crippen LogP contribution is 2.67. The molecular weight excluding hydrogens is 532 g/mol. The first-order valence-corrected chi connectivity index (χ1v) is 13.7. The molecule has 5 rings (SSSR count). The molecule has 41 heavy (non-hydrogen) atoms. The van der Waals surface area contributed by atoms with Crippen LogP contribution < -0.4 is 0 Å². The quantitative estimate of drug-likeness (QED) is 0.350. The lowest BCUT2D eigenvalue weighted by Crippen LogP contribution is -2.83. The second kappa shape index (κ2) is 10.2. The van der Waals surface area contributed by atoms with Gasteiger partial charge in [0.15, 0.2) is 0 Å². The van der Waals surface area contributed by atoms with Crippen LogP contribution in [0, 0.1) is 11.3 Å². The van der Waals surface area contributed by atoms with Gasteiger partial charge in [-0.1, -0.05) is 36.4 Å². The van der Waals surface area contributed by atoms with Crippen LogP contribution in [0.2, 0.25) is 0 Å². The summed E-state index contributed by atoms with van der Waals surface area (Å²) in [5.41, 5.74) is -6.42. The van der Waals surface area contributed by atoms with Gasteiger partial charge in [-0.25, -0.2) is 9.59 Å². The number of benzene rings is 2. The van der Waals surface area contributed by atoms with Gasteiger partial charge in [-0.2, -0.15) is 0 Å². The van der Waals surface area contributed by atoms with E-state index in [2.05, 4.69) is 0 Å². The Morgan fingerprint density at radius 2 is 1.41 bits per heavy atom. The van der Waals surface area contributed by atoms with E-state index in [0.717, 1.165) is 0 Å². The van der Waals surface area contributed by atoms with Gasteiger partial charge in [-0.15, -0.1) is 0 Å². The van der Waals surface area contributed by atoms with E-state index in [4.69, 9.17) is 18.9 Å². The Morgan fingerprint density at radius 3 is 1.95 bits per heavy atom. The lowest BCUT2D eigenvalue weighted by atomic mass is 9.46. The van der Waals surface area contributed by atoms with E-state index in [9.17, 15) is 29.7 Å². The van der Waals surface area contributed by atoms with E-state index in [-0.39, 0.29) is 24.0 Å². The highest BCUT2D eigenvalue weighted by Gasteiger charge is 2.84. The average molecular weight is 569 g/mol. The summed E-state index contributed by atoms with van der Waals surface area (Å²) in [6, 6.07) is 16.4. The van der Waals surface area contributed by atoms with Crippen LogP contribution in [0.4, 0.5) is 0 Å². The highest BCUT2D eigenvalue weighted by atomic mass is 16.6. The predicted molar refractivity (Wildman–Crippen MR) is 144 cm³/mol. The number of carbonyl (C=O) groups is 3. The molecule has 8 atom stereocenters. The maximum atomic E-state index is 13.4. The minimum atomic E-state index is -1.97. The molecule has 0 aromatic heterocycles. The molecule has 2 aromatic carbocycles. The van der Waals surface area contributed by atoms with Crippen molar-refractivity contribution in [3.63, 3.8) is 0 Å². The monoisotopic (exact) mass is 568 g/mol. The van der Waals surface area contributed by atoms with Gasteiger partial charge in [0.05, 0.1) is 28.4 Å².